The first-order valence-corrected chi connectivity index (χ1v) is 8.97. The van der Waals surface area contributed by atoms with E-state index in [-0.39, 0.29) is 18.8 Å². The first kappa shape index (κ1) is 16.6. The van der Waals surface area contributed by atoms with Gasteiger partial charge in [-0.2, -0.15) is 0 Å². The molecule has 3 N–H and O–H groups in total. The number of hydroxylamine groups is 1. The van der Waals surface area contributed by atoms with Gasteiger partial charge in [0.2, 0.25) is 12.7 Å². The summed E-state index contributed by atoms with van der Waals surface area (Å²) in [5.74, 6) is 0.855. The summed E-state index contributed by atoms with van der Waals surface area (Å²) >= 11 is 0. The lowest BCUT2D eigenvalue weighted by Gasteiger charge is -2.09. The number of carbonyl (C=O) groups excluding carboxylic acids is 1. The molecule has 0 spiro atoms. The molecule has 0 saturated heterocycles. The van der Waals surface area contributed by atoms with Gasteiger partial charge >= 0.3 is 0 Å². The number of amides is 1. The highest BCUT2D eigenvalue weighted by Crippen LogP contribution is 2.40. The molecular formula is C20H17N3O5. The lowest BCUT2D eigenvalue weighted by Crippen LogP contribution is -2.18. The van der Waals surface area contributed by atoms with Crippen molar-refractivity contribution < 1.29 is 19.5 Å². The number of rotatable bonds is 4. The molecule has 8 nitrogen and oxygen atoms in total. The molecule has 5 rings (SSSR count). The van der Waals surface area contributed by atoms with Crippen LogP contribution in [-0.2, 0) is 11.3 Å². The van der Waals surface area contributed by atoms with Crippen LogP contribution in [0.15, 0.2) is 41.2 Å². The Morgan fingerprint density at radius 1 is 1.14 bits per heavy atom. The number of benzene rings is 2. The van der Waals surface area contributed by atoms with Crippen LogP contribution in [0.5, 0.6) is 11.5 Å². The third-order valence-electron chi connectivity index (χ3n) is 5.13. The van der Waals surface area contributed by atoms with E-state index >= 15 is 0 Å². The Labute approximate surface area is 158 Å². The number of hydrogen-bond donors (Lipinski definition) is 3. The normalized spacial score (nSPS) is 12.9. The van der Waals surface area contributed by atoms with Crippen LogP contribution in [0.1, 0.15) is 12.8 Å². The second-order valence-electron chi connectivity index (χ2n) is 6.74. The Kier molecular flexibility index (Phi) is 3.73. The summed E-state index contributed by atoms with van der Waals surface area (Å²) in [6.07, 6.45) is 0.705. The van der Waals surface area contributed by atoms with Crippen molar-refractivity contribution in [1.82, 2.24) is 15.0 Å². The number of H-pyrrole nitrogens is 1. The number of carbonyl (C=O) groups is 1. The molecule has 0 radical (unpaired) electrons. The summed E-state index contributed by atoms with van der Waals surface area (Å²) < 4.78 is 13.1. The Hall–Kier alpha value is -3.52. The maximum atomic E-state index is 12.6. The van der Waals surface area contributed by atoms with Crippen LogP contribution in [0.4, 0.5) is 0 Å². The average molecular weight is 379 g/mol. The highest BCUT2D eigenvalue weighted by Gasteiger charge is 2.21. The van der Waals surface area contributed by atoms with E-state index in [1.165, 1.54) is 0 Å². The molecule has 1 aliphatic heterocycles. The third kappa shape index (κ3) is 2.42. The minimum absolute atomic E-state index is 0.153. The maximum Gasteiger partial charge on any atom is 0.256 e. The lowest BCUT2D eigenvalue weighted by molar-refractivity contribution is -0.129. The summed E-state index contributed by atoms with van der Waals surface area (Å²) in [5.41, 5.74) is 4.00. The fourth-order valence-electron chi connectivity index (χ4n) is 3.90. The molecule has 0 unspecified atom stereocenters. The Morgan fingerprint density at radius 3 is 2.68 bits per heavy atom. The van der Waals surface area contributed by atoms with Gasteiger partial charge in [-0.3, -0.25) is 14.8 Å². The van der Waals surface area contributed by atoms with Crippen molar-refractivity contribution in [1.29, 1.82) is 0 Å². The number of ether oxygens (including phenoxy) is 2. The molecule has 4 aromatic rings. The fourth-order valence-corrected chi connectivity index (χ4v) is 3.90. The molecule has 0 fully saturated rings. The molecule has 3 heterocycles. The molecule has 1 aliphatic rings. The van der Waals surface area contributed by atoms with Crippen molar-refractivity contribution in [2.45, 2.75) is 19.4 Å². The van der Waals surface area contributed by atoms with Gasteiger partial charge in [0.15, 0.2) is 11.5 Å². The second kappa shape index (κ2) is 6.28. The highest BCUT2D eigenvalue weighted by molar-refractivity contribution is 6.16. The van der Waals surface area contributed by atoms with Crippen molar-refractivity contribution in [2.24, 2.45) is 0 Å². The van der Waals surface area contributed by atoms with Crippen LogP contribution < -0.4 is 20.5 Å². The summed E-state index contributed by atoms with van der Waals surface area (Å²) in [4.78, 5) is 27.0. The first-order valence-electron chi connectivity index (χ1n) is 8.97. The first-order chi connectivity index (χ1) is 13.7. The van der Waals surface area contributed by atoms with E-state index in [0.717, 1.165) is 27.3 Å². The van der Waals surface area contributed by atoms with Crippen LogP contribution in [0.2, 0.25) is 0 Å². The molecule has 0 bridgehead atoms. The van der Waals surface area contributed by atoms with Crippen LogP contribution in [0.3, 0.4) is 0 Å². The molecule has 2 aromatic carbocycles. The van der Waals surface area contributed by atoms with Gasteiger partial charge in [-0.25, -0.2) is 5.48 Å². The number of pyridine rings is 1. The van der Waals surface area contributed by atoms with Gasteiger partial charge in [0.05, 0.1) is 16.6 Å². The fraction of sp³-hybridized carbons (Fsp3) is 0.200. The molecule has 28 heavy (non-hydrogen) atoms. The SMILES string of the molecule is O=C(CCCn1c2cc3c(cc2c2[nH]c(=O)c4ccccc4c21)OCO3)NO. The molecule has 0 saturated carbocycles. The van der Waals surface area contributed by atoms with Gasteiger partial charge in [-0.15, -0.1) is 0 Å². The zero-order chi connectivity index (χ0) is 19.3. The molecule has 142 valence electrons. The van der Waals surface area contributed by atoms with Gasteiger partial charge in [0, 0.05) is 35.2 Å². The third-order valence-corrected chi connectivity index (χ3v) is 5.13. The van der Waals surface area contributed by atoms with Gasteiger partial charge < -0.3 is 19.0 Å². The second-order valence-corrected chi connectivity index (χ2v) is 6.74. The van der Waals surface area contributed by atoms with Gasteiger partial charge in [0.1, 0.15) is 0 Å². The van der Waals surface area contributed by atoms with E-state index < -0.39 is 5.91 Å². The number of nitrogens with one attached hydrogen (secondary N) is 2. The Bertz CT molecular complexity index is 1300. The topological polar surface area (TPSA) is 106 Å². The van der Waals surface area contributed by atoms with E-state index in [1.807, 2.05) is 30.3 Å². The van der Waals surface area contributed by atoms with Crippen molar-refractivity contribution in [3.05, 3.63) is 46.8 Å². The van der Waals surface area contributed by atoms with Crippen molar-refractivity contribution >= 4 is 38.6 Å². The van der Waals surface area contributed by atoms with Gasteiger partial charge in [0.25, 0.3) is 5.56 Å². The van der Waals surface area contributed by atoms with Crippen molar-refractivity contribution in [3.8, 4) is 11.5 Å². The largest absolute Gasteiger partial charge is 0.454 e. The van der Waals surface area contributed by atoms with E-state index in [9.17, 15) is 9.59 Å². The van der Waals surface area contributed by atoms with Crippen LogP contribution in [0, 0.1) is 0 Å². The molecule has 0 aliphatic carbocycles. The van der Waals surface area contributed by atoms with Gasteiger partial charge in [-0.1, -0.05) is 18.2 Å². The maximum absolute atomic E-state index is 12.6. The predicted molar refractivity (Wildman–Crippen MR) is 103 cm³/mol. The number of fused-ring (bicyclic) bond motifs is 6. The van der Waals surface area contributed by atoms with E-state index in [1.54, 1.807) is 11.5 Å². The van der Waals surface area contributed by atoms with Crippen molar-refractivity contribution in [2.75, 3.05) is 6.79 Å². The number of hydrogen-bond acceptors (Lipinski definition) is 5. The number of nitrogens with zero attached hydrogens (tertiary/aromatic N) is 1. The van der Waals surface area contributed by atoms with Gasteiger partial charge in [-0.05, 0) is 18.6 Å². The van der Waals surface area contributed by atoms with Crippen LogP contribution in [0.25, 0.3) is 32.7 Å². The molecule has 2 aromatic heterocycles. The molecular weight excluding hydrogens is 362 g/mol. The molecule has 8 heteroatoms. The number of aromatic amines is 1. The van der Waals surface area contributed by atoms with E-state index in [2.05, 4.69) is 9.55 Å². The minimum Gasteiger partial charge on any atom is -0.454 e. The summed E-state index contributed by atoms with van der Waals surface area (Å²) in [7, 11) is 0. The predicted octanol–water partition coefficient (Wildman–Crippen LogP) is 2.65. The highest BCUT2D eigenvalue weighted by atomic mass is 16.7. The zero-order valence-electron chi connectivity index (χ0n) is 14.8. The molecule has 1 amide bonds. The number of aryl methyl sites for hydroxylation is 1. The smallest absolute Gasteiger partial charge is 0.256 e. The average Bonchev–Trinajstić information content (AvgIpc) is 3.29. The van der Waals surface area contributed by atoms with Crippen molar-refractivity contribution in [3.63, 3.8) is 0 Å². The minimum atomic E-state index is -0.434. The van der Waals surface area contributed by atoms with Crippen LogP contribution >= 0.6 is 0 Å². The lowest BCUT2D eigenvalue weighted by atomic mass is 10.1. The standard InChI is InChI=1S/C20H17N3O5/c24-17(22-26)6-3-7-23-14-9-16-15(27-10-28-16)8-13(14)18-19(23)11-4-1-2-5-12(11)20(25)21-18/h1-2,4-5,8-9,26H,3,6-7,10H2,(H,21,25)(H,22,24). The monoisotopic (exact) mass is 379 g/mol. The van der Waals surface area contributed by atoms with Crippen LogP contribution in [-0.4, -0.2) is 27.5 Å². The quantitative estimate of drug-likeness (QED) is 0.373. The summed E-state index contributed by atoms with van der Waals surface area (Å²) in [5, 5.41) is 11.0. The van der Waals surface area contributed by atoms with E-state index in [4.69, 9.17) is 14.7 Å². The Balaban J connectivity index is 1.81. The van der Waals surface area contributed by atoms with E-state index in [0.29, 0.717) is 29.9 Å². The Morgan fingerprint density at radius 2 is 1.89 bits per heavy atom. The summed E-state index contributed by atoms with van der Waals surface area (Å²) in [6.45, 7) is 0.694. The zero-order valence-corrected chi connectivity index (χ0v) is 14.8. The number of aromatic nitrogens is 2. The summed E-state index contributed by atoms with van der Waals surface area (Å²) in [6, 6.07) is 11.2. The molecule has 0 atom stereocenters.